The van der Waals surface area contributed by atoms with Crippen LogP contribution in [-0.2, 0) is 14.3 Å². The molecule has 140 valence electrons. The van der Waals surface area contributed by atoms with E-state index in [-0.39, 0.29) is 42.0 Å². The van der Waals surface area contributed by atoms with Crippen molar-refractivity contribution in [3.05, 3.63) is 0 Å². The summed E-state index contributed by atoms with van der Waals surface area (Å²) in [6, 6.07) is 0.268. The first-order valence-electron chi connectivity index (χ1n) is 8.67. The predicted molar refractivity (Wildman–Crippen MR) is 105 cm³/mol. The molecule has 0 aromatic rings. The first-order valence-corrected chi connectivity index (χ1v) is 8.67. The first kappa shape index (κ1) is 21.4. The molecule has 2 unspecified atom stereocenters. The van der Waals surface area contributed by atoms with Gasteiger partial charge in [-0.15, -0.1) is 24.0 Å². The fraction of sp³-hybridized carbons (Fsp3) is 0.875. The van der Waals surface area contributed by atoms with Crippen LogP contribution in [0, 0.1) is 0 Å². The molecule has 2 fully saturated rings. The summed E-state index contributed by atoms with van der Waals surface area (Å²) in [6.07, 6.45) is 4.05. The summed E-state index contributed by atoms with van der Waals surface area (Å²) in [5.41, 5.74) is 0. The number of nitrogens with one attached hydrogen (secondary N) is 2. The van der Waals surface area contributed by atoms with Crippen LogP contribution in [0.4, 0.5) is 0 Å². The third kappa shape index (κ3) is 7.10. The van der Waals surface area contributed by atoms with Crippen molar-refractivity contribution in [2.24, 2.45) is 4.99 Å². The van der Waals surface area contributed by atoms with Gasteiger partial charge in [-0.25, -0.2) is 0 Å². The van der Waals surface area contributed by atoms with Crippen LogP contribution in [0.15, 0.2) is 4.99 Å². The van der Waals surface area contributed by atoms with Crippen LogP contribution in [0.25, 0.3) is 0 Å². The number of aliphatic imine (C=N–C) groups is 1. The van der Waals surface area contributed by atoms with E-state index in [1.54, 1.807) is 7.05 Å². The van der Waals surface area contributed by atoms with Crippen molar-refractivity contribution in [2.45, 2.75) is 44.8 Å². The van der Waals surface area contributed by atoms with Crippen molar-refractivity contribution in [3.63, 3.8) is 0 Å². The van der Waals surface area contributed by atoms with E-state index < -0.39 is 0 Å². The zero-order chi connectivity index (χ0) is 16.5. The van der Waals surface area contributed by atoms with Gasteiger partial charge in [0.2, 0.25) is 5.91 Å². The molecule has 0 aromatic heterocycles. The van der Waals surface area contributed by atoms with Gasteiger partial charge in [0.05, 0.1) is 19.3 Å². The van der Waals surface area contributed by atoms with E-state index in [1.165, 1.54) is 0 Å². The zero-order valence-electron chi connectivity index (χ0n) is 14.8. The number of nitrogens with zero attached hydrogens (tertiary/aromatic N) is 2. The average Bonchev–Trinajstić information content (AvgIpc) is 3.24. The van der Waals surface area contributed by atoms with Crippen LogP contribution >= 0.6 is 24.0 Å². The monoisotopic (exact) mass is 454 g/mol. The molecular weight excluding hydrogens is 423 g/mol. The van der Waals surface area contributed by atoms with Crippen LogP contribution < -0.4 is 10.6 Å². The number of guanidine groups is 1. The van der Waals surface area contributed by atoms with Crippen LogP contribution in [-0.4, -0.2) is 75.4 Å². The van der Waals surface area contributed by atoms with Crippen molar-refractivity contribution in [1.29, 1.82) is 0 Å². The van der Waals surface area contributed by atoms with E-state index in [1.807, 2.05) is 11.8 Å². The van der Waals surface area contributed by atoms with Gasteiger partial charge in [-0.05, 0) is 19.3 Å². The van der Waals surface area contributed by atoms with E-state index in [2.05, 4.69) is 15.6 Å². The molecule has 2 heterocycles. The van der Waals surface area contributed by atoms with Gasteiger partial charge in [-0.1, -0.05) is 6.92 Å². The Morgan fingerprint density at radius 3 is 2.92 bits per heavy atom. The zero-order valence-corrected chi connectivity index (χ0v) is 17.1. The molecule has 2 N–H and O–H groups in total. The SMILES string of the molecule is CCC(=O)N1CCC(NC(=NC)NCCOCC2CCCO2)C1.I. The summed E-state index contributed by atoms with van der Waals surface area (Å²) in [5, 5.41) is 6.62. The Morgan fingerprint density at radius 2 is 2.25 bits per heavy atom. The Labute approximate surface area is 161 Å². The standard InChI is InChI=1S/C16H30N4O3.HI/c1-3-15(21)20-8-6-13(11-20)19-16(17-2)18-7-10-22-12-14-5-4-9-23-14;/h13-14H,3-12H2,1-2H3,(H2,17,18,19);1H. The lowest BCUT2D eigenvalue weighted by Gasteiger charge is -2.19. The summed E-state index contributed by atoms with van der Waals surface area (Å²) in [6.45, 7) is 6.35. The molecule has 0 radical (unpaired) electrons. The molecule has 0 bridgehead atoms. The number of ether oxygens (including phenoxy) is 2. The third-order valence-corrected chi connectivity index (χ3v) is 4.27. The normalized spacial score (nSPS) is 23.9. The molecular formula is C16H31IN4O3. The predicted octanol–water partition coefficient (Wildman–Crippen LogP) is 0.976. The molecule has 0 spiro atoms. The molecule has 24 heavy (non-hydrogen) atoms. The molecule has 2 atom stereocenters. The number of likely N-dealkylation sites (tertiary alicyclic amines) is 1. The van der Waals surface area contributed by atoms with Crippen molar-refractivity contribution < 1.29 is 14.3 Å². The van der Waals surface area contributed by atoms with Crippen LogP contribution in [0.5, 0.6) is 0 Å². The molecule has 2 saturated heterocycles. The Bertz CT molecular complexity index is 403. The molecule has 2 rings (SSSR count). The molecule has 7 nitrogen and oxygen atoms in total. The van der Waals surface area contributed by atoms with E-state index in [0.29, 0.717) is 26.2 Å². The highest BCUT2D eigenvalue weighted by atomic mass is 127. The van der Waals surface area contributed by atoms with Crippen molar-refractivity contribution >= 4 is 35.8 Å². The topological polar surface area (TPSA) is 75.2 Å². The Hall–Kier alpha value is -0.610. The number of hydrogen-bond donors (Lipinski definition) is 2. The Balaban J connectivity index is 0.00000288. The average molecular weight is 454 g/mol. The van der Waals surface area contributed by atoms with Crippen molar-refractivity contribution in [3.8, 4) is 0 Å². The maximum absolute atomic E-state index is 11.7. The maximum Gasteiger partial charge on any atom is 0.222 e. The number of carbonyl (C=O) groups is 1. The van der Waals surface area contributed by atoms with E-state index in [0.717, 1.165) is 44.9 Å². The lowest BCUT2D eigenvalue weighted by molar-refractivity contribution is -0.129. The quantitative estimate of drug-likeness (QED) is 0.260. The van der Waals surface area contributed by atoms with Crippen LogP contribution in [0.2, 0.25) is 0 Å². The van der Waals surface area contributed by atoms with Gasteiger partial charge in [-0.2, -0.15) is 0 Å². The van der Waals surface area contributed by atoms with Crippen molar-refractivity contribution in [1.82, 2.24) is 15.5 Å². The van der Waals surface area contributed by atoms with Gasteiger partial charge < -0.3 is 25.0 Å². The summed E-state index contributed by atoms with van der Waals surface area (Å²) in [5.74, 6) is 0.987. The molecule has 1 amide bonds. The number of halogens is 1. The van der Waals surface area contributed by atoms with Gasteiger partial charge in [0, 0.05) is 45.8 Å². The third-order valence-electron chi connectivity index (χ3n) is 4.27. The highest BCUT2D eigenvalue weighted by Gasteiger charge is 2.25. The van der Waals surface area contributed by atoms with Gasteiger partial charge >= 0.3 is 0 Å². The van der Waals surface area contributed by atoms with Gasteiger partial charge in [0.1, 0.15) is 0 Å². The number of amides is 1. The lowest BCUT2D eigenvalue weighted by atomic mass is 10.2. The molecule has 2 aliphatic heterocycles. The minimum Gasteiger partial charge on any atom is -0.377 e. The first-order chi connectivity index (χ1) is 11.2. The fourth-order valence-electron chi connectivity index (χ4n) is 2.95. The second kappa shape index (κ2) is 11.9. The second-order valence-corrected chi connectivity index (χ2v) is 6.03. The summed E-state index contributed by atoms with van der Waals surface area (Å²) < 4.78 is 11.1. The number of carbonyl (C=O) groups excluding carboxylic acids is 1. The molecule has 0 saturated carbocycles. The second-order valence-electron chi connectivity index (χ2n) is 6.03. The van der Waals surface area contributed by atoms with E-state index in [9.17, 15) is 4.79 Å². The fourth-order valence-corrected chi connectivity index (χ4v) is 2.95. The van der Waals surface area contributed by atoms with Crippen LogP contribution in [0.1, 0.15) is 32.6 Å². The molecule has 0 aliphatic carbocycles. The molecule has 2 aliphatic rings. The van der Waals surface area contributed by atoms with Gasteiger partial charge in [0.15, 0.2) is 5.96 Å². The number of hydrogen-bond acceptors (Lipinski definition) is 4. The van der Waals surface area contributed by atoms with E-state index in [4.69, 9.17) is 9.47 Å². The van der Waals surface area contributed by atoms with E-state index >= 15 is 0 Å². The minimum absolute atomic E-state index is 0. The molecule has 0 aromatic carbocycles. The maximum atomic E-state index is 11.7. The Kier molecular flexibility index (Phi) is 10.6. The summed E-state index contributed by atoms with van der Waals surface area (Å²) >= 11 is 0. The Morgan fingerprint density at radius 1 is 1.42 bits per heavy atom. The highest BCUT2D eigenvalue weighted by Crippen LogP contribution is 2.12. The molecule has 8 heteroatoms. The van der Waals surface area contributed by atoms with Gasteiger partial charge in [0.25, 0.3) is 0 Å². The summed E-state index contributed by atoms with van der Waals surface area (Å²) in [7, 11) is 1.76. The summed E-state index contributed by atoms with van der Waals surface area (Å²) in [4.78, 5) is 17.8. The highest BCUT2D eigenvalue weighted by molar-refractivity contribution is 14.0. The van der Waals surface area contributed by atoms with Gasteiger partial charge in [-0.3, -0.25) is 9.79 Å². The van der Waals surface area contributed by atoms with Crippen molar-refractivity contribution in [2.75, 3.05) is 46.5 Å². The van der Waals surface area contributed by atoms with Crippen LogP contribution in [0.3, 0.4) is 0 Å². The number of rotatable bonds is 7. The lowest BCUT2D eigenvalue weighted by Crippen LogP contribution is -2.45. The largest absolute Gasteiger partial charge is 0.377 e. The smallest absolute Gasteiger partial charge is 0.222 e. The minimum atomic E-state index is 0.